The molecule has 118 valence electrons. The third-order valence-corrected chi connectivity index (χ3v) is 4.21. The number of para-hydroxylation sites is 1. The average molecular weight is 330 g/mol. The van der Waals surface area contributed by atoms with Gasteiger partial charge in [0.2, 0.25) is 10.0 Å². The number of carbonyl (C=O) groups excluding carboxylic acids is 1. The van der Waals surface area contributed by atoms with Crippen molar-refractivity contribution in [3.05, 3.63) is 58.3 Å². The molecule has 0 saturated heterocycles. The maximum absolute atomic E-state index is 12.6. The first-order chi connectivity index (χ1) is 10.8. The molecule has 0 saturated carbocycles. The van der Waals surface area contributed by atoms with Crippen LogP contribution in [0.1, 0.15) is 10.4 Å². The van der Waals surface area contributed by atoms with Gasteiger partial charge in [0.1, 0.15) is 0 Å². The SMILES string of the molecule is Cn1c2ccccc2c(=O)c2cc(C(=O)NS(C)(=O)=O)ccc21. The number of pyridine rings is 1. The summed E-state index contributed by atoms with van der Waals surface area (Å²) in [5.74, 6) is -0.760. The van der Waals surface area contributed by atoms with Crippen molar-refractivity contribution in [2.45, 2.75) is 0 Å². The van der Waals surface area contributed by atoms with E-state index in [1.165, 1.54) is 12.1 Å². The summed E-state index contributed by atoms with van der Waals surface area (Å²) in [6.07, 6.45) is 0.901. The van der Waals surface area contributed by atoms with E-state index in [-0.39, 0.29) is 11.0 Å². The number of rotatable bonds is 2. The monoisotopic (exact) mass is 330 g/mol. The summed E-state index contributed by atoms with van der Waals surface area (Å²) in [7, 11) is -1.83. The van der Waals surface area contributed by atoms with E-state index < -0.39 is 15.9 Å². The van der Waals surface area contributed by atoms with Gasteiger partial charge in [-0.1, -0.05) is 12.1 Å². The minimum atomic E-state index is -3.66. The fraction of sp³-hybridized carbons (Fsp3) is 0.125. The molecule has 0 atom stereocenters. The zero-order valence-corrected chi connectivity index (χ0v) is 13.3. The lowest BCUT2D eigenvalue weighted by atomic mass is 10.1. The van der Waals surface area contributed by atoms with Crippen molar-refractivity contribution in [2.75, 3.05) is 6.26 Å². The Morgan fingerprint density at radius 2 is 1.70 bits per heavy atom. The van der Waals surface area contributed by atoms with Gasteiger partial charge in [-0.3, -0.25) is 9.59 Å². The molecule has 0 unspecified atom stereocenters. The van der Waals surface area contributed by atoms with Crippen molar-refractivity contribution in [2.24, 2.45) is 7.05 Å². The molecular weight excluding hydrogens is 316 g/mol. The van der Waals surface area contributed by atoms with Gasteiger partial charge in [-0.15, -0.1) is 0 Å². The number of carbonyl (C=O) groups is 1. The Hall–Kier alpha value is -2.67. The zero-order chi connectivity index (χ0) is 16.8. The maximum Gasteiger partial charge on any atom is 0.264 e. The van der Waals surface area contributed by atoms with Crippen molar-refractivity contribution in [1.82, 2.24) is 9.29 Å². The van der Waals surface area contributed by atoms with Crippen molar-refractivity contribution >= 4 is 37.7 Å². The molecule has 1 amide bonds. The van der Waals surface area contributed by atoms with E-state index in [4.69, 9.17) is 0 Å². The van der Waals surface area contributed by atoms with E-state index >= 15 is 0 Å². The fourth-order valence-corrected chi connectivity index (χ4v) is 3.07. The van der Waals surface area contributed by atoms with Gasteiger partial charge in [-0.05, 0) is 30.3 Å². The molecule has 1 aromatic heterocycles. The van der Waals surface area contributed by atoms with Crippen LogP contribution in [0.25, 0.3) is 21.8 Å². The topological polar surface area (TPSA) is 85.2 Å². The van der Waals surface area contributed by atoms with Crippen molar-refractivity contribution in [3.63, 3.8) is 0 Å². The van der Waals surface area contributed by atoms with Crippen LogP contribution >= 0.6 is 0 Å². The van der Waals surface area contributed by atoms with Gasteiger partial charge in [0, 0.05) is 23.4 Å². The van der Waals surface area contributed by atoms with E-state index in [1.54, 1.807) is 18.2 Å². The van der Waals surface area contributed by atoms with Gasteiger partial charge < -0.3 is 4.57 Å². The maximum atomic E-state index is 12.6. The Morgan fingerprint density at radius 3 is 2.39 bits per heavy atom. The van der Waals surface area contributed by atoms with Crippen LogP contribution in [0.15, 0.2) is 47.3 Å². The summed E-state index contributed by atoms with van der Waals surface area (Å²) in [5.41, 5.74) is 1.39. The molecule has 2 aromatic carbocycles. The molecule has 3 rings (SSSR count). The first kappa shape index (κ1) is 15.2. The molecule has 1 N–H and O–H groups in total. The van der Waals surface area contributed by atoms with Crippen LogP contribution in [0.5, 0.6) is 0 Å². The van der Waals surface area contributed by atoms with Crippen LogP contribution < -0.4 is 10.2 Å². The van der Waals surface area contributed by atoms with Gasteiger partial charge >= 0.3 is 0 Å². The van der Waals surface area contributed by atoms with E-state index in [1.807, 2.05) is 28.5 Å². The number of aromatic nitrogens is 1. The Morgan fingerprint density at radius 1 is 1.04 bits per heavy atom. The number of amides is 1. The summed E-state index contributed by atoms with van der Waals surface area (Å²) in [6, 6.07) is 11.8. The quantitative estimate of drug-likeness (QED) is 0.719. The third kappa shape index (κ3) is 2.70. The predicted molar refractivity (Wildman–Crippen MR) is 89.0 cm³/mol. The van der Waals surface area contributed by atoms with Crippen molar-refractivity contribution < 1.29 is 13.2 Å². The molecule has 0 spiro atoms. The highest BCUT2D eigenvalue weighted by Gasteiger charge is 2.14. The minimum absolute atomic E-state index is 0.121. The average Bonchev–Trinajstić information content (AvgIpc) is 2.50. The Bertz CT molecular complexity index is 1110. The van der Waals surface area contributed by atoms with Crippen LogP contribution in [0, 0.1) is 0 Å². The van der Waals surface area contributed by atoms with Crippen LogP contribution in [0.3, 0.4) is 0 Å². The fourth-order valence-electron chi connectivity index (χ4n) is 2.61. The lowest BCUT2D eigenvalue weighted by molar-refractivity contribution is 0.0982. The molecule has 0 fully saturated rings. The molecular formula is C16H14N2O4S. The van der Waals surface area contributed by atoms with Crippen molar-refractivity contribution in [3.8, 4) is 0 Å². The Balaban J connectivity index is 2.28. The van der Waals surface area contributed by atoms with E-state index in [0.717, 1.165) is 11.8 Å². The first-order valence-electron chi connectivity index (χ1n) is 6.81. The second-order valence-electron chi connectivity index (χ2n) is 5.34. The number of sulfonamides is 1. The molecule has 3 aromatic rings. The highest BCUT2D eigenvalue weighted by atomic mass is 32.2. The third-order valence-electron chi connectivity index (χ3n) is 3.65. The van der Waals surface area contributed by atoms with Gasteiger partial charge in [-0.25, -0.2) is 13.1 Å². The van der Waals surface area contributed by atoms with Gasteiger partial charge in [0.05, 0.1) is 17.3 Å². The number of nitrogens with one attached hydrogen (secondary N) is 1. The van der Waals surface area contributed by atoms with E-state index in [9.17, 15) is 18.0 Å². The largest absolute Gasteiger partial charge is 0.343 e. The van der Waals surface area contributed by atoms with Crippen LogP contribution in [0.4, 0.5) is 0 Å². The number of benzene rings is 2. The highest BCUT2D eigenvalue weighted by molar-refractivity contribution is 7.89. The van der Waals surface area contributed by atoms with Gasteiger partial charge in [0.15, 0.2) is 5.43 Å². The summed E-state index contributed by atoms with van der Waals surface area (Å²) in [6.45, 7) is 0. The highest BCUT2D eigenvalue weighted by Crippen LogP contribution is 2.19. The number of fused-ring (bicyclic) bond motifs is 2. The van der Waals surface area contributed by atoms with E-state index in [2.05, 4.69) is 0 Å². The molecule has 0 aliphatic rings. The molecule has 1 heterocycles. The number of nitrogens with zero attached hydrogens (tertiary/aromatic N) is 1. The molecule has 7 heteroatoms. The minimum Gasteiger partial charge on any atom is -0.343 e. The number of aryl methyl sites for hydroxylation is 1. The molecule has 0 aliphatic heterocycles. The summed E-state index contributed by atoms with van der Waals surface area (Å²) in [4.78, 5) is 24.6. The first-order valence-corrected chi connectivity index (χ1v) is 8.71. The standard InChI is InChI=1S/C16H14N2O4S/c1-18-13-6-4-3-5-11(13)15(19)12-9-10(7-8-14(12)18)16(20)17-23(2,21)22/h3-9H,1-2H3,(H,17,20). The molecule has 0 bridgehead atoms. The lowest BCUT2D eigenvalue weighted by Gasteiger charge is -2.11. The number of hydrogen-bond acceptors (Lipinski definition) is 4. The summed E-state index contributed by atoms with van der Waals surface area (Å²) < 4.78 is 26.1. The van der Waals surface area contributed by atoms with Gasteiger partial charge in [0.25, 0.3) is 5.91 Å². The molecule has 23 heavy (non-hydrogen) atoms. The second-order valence-corrected chi connectivity index (χ2v) is 7.09. The number of hydrogen-bond donors (Lipinski definition) is 1. The summed E-state index contributed by atoms with van der Waals surface area (Å²) in [5, 5.41) is 0.913. The smallest absolute Gasteiger partial charge is 0.264 e. The normalized spacial score (nSPS) is 11.7. The molecule has 0 aliphatic carbocycles. The molecule has 6 nitrogen and oxygen atoms in total. The van der Waals surface area contributed by atoms with Crippen LogP contribution in [-0.2, 0) is 17.1 Å². The lowest BCUT2D eigenvalue weighted by Crippen LogP contribution is -2.29. The second kappa shape index (κ2) is 5.20. The molecule has 0 radical (unpaired) electrons. The predicted octanol–water partition coefficient (Wildman–Crippen LogP) is 1.38. The van der Waals surface area contributed by atoms with Crippen LogP contribution in [-0.4, -0.2) is 25.1 Å². The van der Waals surface area contributed by atoms with Crippen molar-refractivity contribution in [1.29, 1.82) is 0 Å². The van der Waals surface area contributed by atoms with Gasteiger partial charge in [-0.2, -0.15) is 0 Å². The van der Waals surface area contributed by atoms with E-state index in [0.29, 0.717) is 16.3 Å². The Labute approximate surface area is 132 Å². The van der Waals surface area contributed by atoms with Crippen LogP contribution in [0.2, 0.25) is 0 Å². The summed E-state index contributed by atoms with van der Waals surface area (Å²) >= 11 is 0. The Kier molecular flexibility index (Phi) is 3.45. The zero-order valence-electron chi connectivity index (χ0n) is 12.5.